The number of anilines is 2. The van der Waals surface area contributed by atoms with Gasteiger partial charge in [0.05, 0.1) is 16.7 Å². The average molecular weight is 378 g/mol. The highest BCUT2D eigenvalue weighted by atomic mass is 79.9. The van der Waals surface area contributed by atoms with Gasteiger partial charge in [-0.1, -0.05) is 17.7 Å². The van der Waals surface area contributed by atoms with E-state index in [1.54, 1.807) is 41.4 Å². The SMILES string of the molecule is N#Cc1cccc(N2CCN(c3nccc(Br)c3Cl)C2=O)c1. The number of rotatable bonds is 2. The summed E-state index contributed by atoms with van der Waals surface area (Å²) in [6.07, 6.45) is 1.59. The summed E-state index contributed by atoms with van der Waals surface area (Å²) in [5.74, 6) is 0.431. The number of pyridine rings is 1. The lowest BCUT2D eigenvalue weighted by Crippen LogP contribution is -2.32. The Labute approximate surface area is 140 Å². The first-order chi connectivity index (χ1) is 10.6. The van der Waals surface area contributed by atoms with E-state index >= 15 is 0 Å². The van der Waals surface area contributed by atoms with Crippen LogP contribution in [0.25, 0.3) is 0 Å². The molecule has 110 valence electrons. The smallest absolute Gasteiger partial charge is 0.292 e. The minimum absolute atomic E-state index is 0.206. The Kier molecular flexibility index (Phi) is 4.01. The molecule has 1 aromatic heterocycles. The number of carbonyl (C=O) groups excluding carboxylic acids is 1. The summed E-state index contributed by atoms with van der Waals surface area (Å²) in [5, 5.41) is 9.38. The van der Waals surface area contributed by atoms with E-state index < -0.39 is 0 Å². The van der Waals surface area contributed by atoms with Crippen LogP contribution in [0, 0.1) is 11.3 Å². The monoisotopic (exact) mass is 376 g/mol. The van der Waals surface area contributed by atoms with Crippen LogP contribution in [-0.2, 0) is 0 Å². The van der Waals surface area contributed by atoms with Crippen LogP contribution in [0.5, 0.6) is 0 Å². The average Bonchev–Trinajstić information content (AvgIpc) is 2.92. The van der Waals surface area contributed by atoms with E-state index in [0.29, 0.717) is 39.7 Å². The molecule has 3 rings (SSSR count). The minimum atomic E-state index is -0.206. The molecule has 1 fully saturated rings. The fraction of sp³-hybridized carbons (Fsp3) is 0.133. The van der Waals surface area contributed by atoms with Gasteiger partial charge in [0.25, 0.3) is 0 Å². The summed E-state index contributed by atoms with van der Waals surface area (Å²) >= 11 is 9.55. The Bertz CT molecular complexity index is 789. The number of hydrogen-bond acceptors (Lipinski definition) is 3. The lowest BCUT2D eigenvalue weighted by Gasteiger charge is -2.19. The molecule has 1 aliphatic rings. The van der Waals surface area contributed by atoms with Crippen molar-refractivity contribution in [3.05, 3.63) is 51.6 Å². The number of carbonyl (C=O) groups is 1. The molecule has 1 saturated heterocycles. The third-order valence-corrected chi connectivity index (χ3v) is 4.64. The van der Waals surface area contributed by atoms with Gasteiger partial charge in [0.15, 0.2) is 5.82 Å². The van der Waals surface area contributed by atoms with Gasteiger partial charge in [-0.2, -0.15) is 5.26 Å². The number of urea groups is 1. The van der Waals surface area contributed by atoms with E-state index in [0.717, 1.165) is 0 Å². The fourth-order valence-electron chi connectivity index (χ4n) is 2.31. The van der Waals surface area contributed by atoms with Gasteiger partial charge in [-0.05, 0) is 40.2 Å². The maximum atomic E-state index is 12.6. The van der Waals surface area contributed by atoms with Gasteiger partial charge >= 0.3 is 6.03 Å². The van der Waals surface area contributed by atoms with E-state index in [2.05, 4.69) is 27.0 Å². The molecule has 5 nitrogen and oxygen atoms in total. The second-order valence-electron chi connectivity index (χ2n) is 4.68. The first-order valence-electron chi connectivity index (χ1n) is 6.51. The highest BCUT2D eigenvalue weighted by Crippen LogP contribution is 2.33. The third-order valence-electron chi connectivity index (χ3n) is 3.38. The van der Waals surface area contributed by atoms with Crippen molar-refractivity contribution in [3.63, 3.8) is 0 Å². The first kappa shape index (κ1) is 14.8. The molecule has 0 atom stereocenters. The highest BCUT2D eigenvalue weighted by Gasteiger charge is 2.33. The zero-order chi connectivity index (χ0) is 15.7. The van der Waals surface area contributed by atoms with Crippen molar-refractivity contribution >= 4 is 45.1 Å². The van der Waals surface area contributed by atoms with E-state index in [4.69, 9.17) is 16.9 Å². The van der Waals surface area contributed by atoms with Crippen molar-refractivity contribution in [2.24, 2.45) is 0 Å². The predicted octanol–water partition coefficient (Wildman–Crippen LogP) is 3.82. The number of benzene rings is 1. The van der Waals surface area contributed by atoms with Crippen LogP contribution >= 0.6 is 27.5 Å². The molecule has 0 bridgehead atoms. The van der Waals surface area contributed by atoms with Gasteiger partial charge in [0, 0.05) is 29.4 Å². The van der Waals surface area contributed by atoms with Crippen molar-refractivity contribution in [2.45, 2.75) is 0 Å². The minimum Gasteiger partial charge on any atom is -0.292 e. The summed E-state index contributed by atoms with van der Waals surface area (Å²) < 4.78 is 0.692. The van der Waals surface area contributed by atoms with Crippen molar-refractivity contribution in [1.29, 1.82) is 5.26 Å². The van der Waals surface area contributed by atoms with Crippen molar-refractivity contribution < 1.29 is 4.79 Å². The van der Waals surface area contributed by atoms with Crippen LogP contribution < -0.4 is 9.80 Å². The van der Waals surface area contributed by atoms with E-state index in [1.165, 1.54) is 4.90 Å². The Morgan fingerprint density at radius 3 is 2.82 bits per heavy atom. The predicted molar refractivity (Wildman–Crippen MR) is 88.2 cm³/mol. The topological polar surface area (TPSA) is 60.2 Å². The van der Waals surface area contributed by atoms with Gasteiger partial charge in [0.2, 0.25) is 0 Å². The van der Waals surface area contributed by atoms with Crippen LogP contribution in [0.3, 0.4) is 0 Å². The number of nitriles is 1. The maximum absolute atomic E-state index is 12.6. The van der Waals surface area contributed by atoms with Crippen LogP contribution in [0.2, 0.25) is 5.02 Å². The van der Waals surface area contributed by atoms with Crippen molar-refractivity contribution in [1.82, 2.24) is 4.98 Å². The van der Waals surface area contributed by atoms with Gasteiger partial charge in [-0.3, -0.25) is 9.80 Å². The number of nitrogens with zero attached hydrogens (tertiary/aromatic N) is 4. The Morgan fingerprint density at radius 2 is 2.05 bits per heavy atom. The molecule has 0 radical (unpaired) electrons. The fourth-order valence-corrected chi connectivity index (χ4v) is 2.82. The molecular formula is C15H10BrClN4O. The molecule has 7 heteroatoms. The van der Waals surface area contributed by atoms with Crippen molar-refractivity contribution in [2.75, 3.05) is 22.9 Å². The number of amides is 2. The third kappa shape index (κ3) is 2.54. The Balaban J connectivity index is 1.92. The van der Waals surface area contributed by atoms with Crippen LogP contribution in [0.15, 0.2) is 41.0 Å². The number of halogens is 2. The maximum Gasteiger partial charge on any atom is 0.330 e. The quantitative estimate of drug-likeness (QED) is 0.799. The molecule has 0 spiro atoms. The summed E-state index contributed by atoms with van der Waals surface area (Å²) in [6, 6.07) is 10.5. The summed E-state index contributed by atoms with van der Waals surface area (Å²) in [5.41, 5.74) is 1.21. The van der Waals surface area contributed by atoms with Crippen molar-refractivity contribution in [3.8, 4) is 6.07 Å². The van der Waals surface area contributed by atoms with Crippen LogP contribution in [0.1, 0.15) is 5.56 Å². The van der Waals surface area contributed by atoms with Gasteiger partial charge in [-0.25, -0.2) is 9.78 Å². The summed E-state index contributed by atoms with van der Waals surface area (Å²) in [6.45, 7) is 0.997. The molecule has 1 aromatic carbocycles. The van der Waals surface area contributed by atoms with E-state index in [1.807, 2.05) is 0 Å². The summed E-state index contributed by atoms with van der Waals surface area (Å²) in [7, 11) is 0. The van der Waals surface area contributed by atoms with Gasteiger partial charge in [-0.15, -0.1) is 0 Å². The summed E-state index contributed by atoms with van der Waals surface area (Å²) in [4.78, 5) is 20.0. The van der Waals surface area contributed by atoms with Gasteiger partial charge < -0.3 is 0 Å². The molecule has 0 N–H and O–H groups in total. The molecule has 1 aliphatic heterocycles. The second-order valence-corrected chi connectivity index (χ2v) is 5.91. The van der Waals surface area contributed by atoms with E-state index in [9.17, 15) is 4.79 Å². The second kappa shape index (κ2) is 5.95. The molecule has 22 heavy (non-hydrogen) atoms. The largest absolute Gasteiger partial charge is 0.330 e. The lowest BCUT2D eigenvalue weighted by molar-refractivity contribution is 0.255. The molecule has 2 amide bonds. The Morgan fingerprint density at radius 1 is 1.27 bits per heavy atom. The van der Waals surface area contributed by atoms with Crippen LogP contribution in [-0.4, -0.2) is 24.1 Å². The van der Waals surface area contributed by atoms with Gasteiger partial charge in [0.1, 0.15) is 0 Å². The molecule has 2 heterocycles. The first-order valence-corrected chi connectivity index (χ1v) is 7.68. The standard InChI is InChI=1S/C15H10BrClN4O/c16-12-4-5-19-14(13(12)17)21-7-6-20(15(21)22)11-3-1-2-10(8-11)9-18/h1-5,8H,6-7H2. The molecule has 0 saturated carbocycles. The van der Waals surface area contributed by atoms with Crippen LogP contribution in [0.4, 0.5) is 16.3 Å². The normalized spacial score (nSPS) is 14.3. The number of aromatic nitrogens is 1. The number of hydrogen-bond donors (Lipinski definition) is 0. The Hall–Kier alpha value is -2.10. The zero-order valence-electron chi connectivity index (χ0n) is 11.3. The lowest BCUT2D eigenvalue weighted by atomic mass is 10.2. The highest BCUT2D eigenvalue weighted by molar-refractivity contribution is 9.10. The molecule has 0 aliphatic carbocycles. The zero-order valence-corrected chi connectivity index (χ0v) is 13.7. The molecule has 0 unspecified atom stereocenters. The molecular weight excluding hydrogens is 368 g/mol. The van der Waals surface area contributed by atoms with E-state index in [-0.39, 0.29) is 6.03 Å². The molecule has 2 aromatic rings.